The minimum atomic E-state index is -2.93. The van der Waals surface area contributed by atoms with Crippen molar-refractivity contribution < 1.29 is 8.42 Å². The fourth-order valence-corrected chi connectivity index (χ4v) is 5.69. The van der Waals surface area contributed by atoms with Crippen LogP contribution in [0.25, 0.3) is 11.4 Å². The Kier molecular flexibility index (Phi) is 6.01. The highest BCUT2D eigenvalue weighted by Crippen LogP contribution is 2.25. The predicted octanol–water partition coefficient (Wildman–Crippen LogP) is 3.47. The van der Waals surface area contributed by atoms with Crippen molar-refractivity contribution in [3.8, 4) is 11.4 Å². The van der Waals surface area contributed by atoms with Crippen molar-refractivity contribution in [1.29, 1.82) is 0 Å². The molecule has 1 N–H and O–H groups in total. The molecule has 2 heterocycles. The zero-order valence-electron chi connectivity index (χ0n) is 14.9. The third-order valence-electron chi connectivity index (χ3n) is 4.46. The molecule has 0 unspecified atom stereocenters. The molecule has 1 fully saturated rings. The van der Waals surface area contributed by atoms with Gasteiger partial charge in [0.1, 0.15) is 0 Å². The molecule has 2 aromatic rings. The van der Waals surface area contributed by atoms with Gasteiger partial charge in [0.25, 0.3) is 0 Å². The highest BCUT2D eigenvalue weighted by Gasteiger charge is 2.32. The van der Waals surface area contributed by atoms with E-state index in [4.69, 9.17) is 12.2 Å². The number of rotatable bonds is 6. The fourth-order valence-electron chi connectivity index (χ4n) is 3.26. The van der Waals surface area contributed by atoms with Gasteiger partial charge in [0, 0.05) is 22.6 Å². The fraction of sp³-hybridized carbons (Fsp3) is 0.529. The molecule has 1 aromatic carbocycles. The summed E-state index contributed by atoms with van der Waals surface area (Å²) in [6, 6.07) is 7.85. The first-order chi connectivity index (χ1) is 12.2. The molecule has 0 spiro atoms. The summed E-state index contributed by atoms with van der Waals surface area (Å²) in [5, 5.41) is 3.27. The smallest absolute Gasteiger partial charge is 0.217 e. The quantitative estimate of drug-likeness (QED) is 0.670. The highest BCUT2D eigenvalue weighted by atomic mass is 79.9. The summed E-state index contributed by atoms with van der Waals surface area (Å²) in [7, 11) is -2.93. The summed E-state index contributed by atoms with van der Waals surface area (Å²) in [6.07, 6.45) is 0.674. The highest BCUT2D eigenvalue weighted by molar-refractivity contribution is 9.10. The summed E-state index contributed by atoms with van der Waals surface area (Å²) in [5.41, 5.74) is 0.941. The molecule has 1 saturated heterocycles. The van der Waals surface area contributed by atoms with Crippen molar-refractivity contribution in [2.24, 2.45) is 5.92 Å². The number of nitrogens with one attached hydrogen (secondary N) is 1. The molecule has 0 aliphatic carbocycles. The molecule has 3 rings (SSSR count). The van der Waals surface area contributed by atoms with E-state index in [1.807, 2.05) is 28.9 Å². The van der Waals surface area contributed by atoms with Crippen LogP contribution in [0, 0.1) is 10.7 Å². The number of aromatic amines is 1. The molecular formula is C17H23BrN4O2S2. The molecule has 1 aliphatic heterocycles. The van der Waals surface area contributed by atoms with E-state index in [1.165, 1.54) is 0 Å². The third kappa shape index (κ3) is 4.62. The minimum absolute atomic E-state index is 0.0273. The number of benzene rings is 1. The van der Waals surface area contributed by atoms with E-state index in [-0.39, 0.29) is 17.5 Å². The molecule has 0 radical (unpaired) electrons. The van der Waals surface area contributed by atoms with Crippen molar-refractivity contribution in [3.63, 3.8) is 0 Å². The molecular weight excluding hydrogens is 436 g/mol. The monoisotopic (exact) mass is 458 g/mol. The third-order valence-corrected chi connectivity index (χ3v) is 7.21. The molecule has 26 heavy (non-hydrogen) atoms. The number of sulfone groups is 1. The lowest BCUT2D eigenvalue weighted by Gasteiger charge is -2.29. The molecule has 0 amide bonds. The van der Waals surface area contributed by atoms with E-state index >= 15 is 0 Å². The SMILES string of the molecule is CC(C)CN(Cn1[nH]c(-c2ccccc2Br)nc1=S)[C@@H]1CCS(=O)(=O)C1. The van der Waals surface area contributed by atoms with Crippen molar-refractivity contribution >= 4 is 38.0 Å². The molecule has 142 valence electrons. The molecule has 1 aliphatic rings. The van der Waals surface area contributed by atoms with Crippen molar-refractivity contribution in [2.45, 2.75) is 33.0 Å². The first kappa shape index (κ1) is 19.7. The van der Waals surface area contributed by atoms with Gasteiger partial charge in [-0.05, 0) is 30.6 Å². The molecule has 9 heteroatoms. The van der Waals surface area contributed by atoms with Gasteiger partial charge in [-0.3, -0.25) is 10.00 Å². The standard InChI is InChI=1S/C17H23BrN4O2S2/c1-12(2)9-21(13-7-8-26(23,24)10-13)11-22-17(25)19-16(20-22)14-5-3-4-6-15(14)18/h3-6,12-13H,7-11H2,1-2H3,(H,19,20,25)/t13-/m1/s1. The lowest BCUT2D eigenvalue weighted by Crippen LogP contribution is -2.40. The van der Waals surface area contributed by atoms with Crippen molar-refractivity contribution in [1.82, 2.24) is 19.7 Å². The lowest BCUT2D eigenvalue weighted by atomic mass is 10.1. The molecule has 1 atom stereocenters. The van der Waals surface area contributed by atoms with Crippen LogP contribution in [-0.4, -0.2) is 52.2 Å². The second kappa shape index (κ2) is 7.92. The Bertz CT molecular complexity index is 936. The van der Waals surface area contributed by atoms with Crippen molar-refractivity contribution in [3.05, 3.63) is 33.5 Å². The van der Waals surface area contributed by atoms with Gasteiger partial charge in [0.05, 0.1) is 18.2 Å². The predicted molar refractivity (Wildman–Crippen MR) is 109 cm³/mol. The second-order valence-electron chi connectivity index (χ2n) is 7.13. The maximum Gasteiger partial charge on any atom is 0.217 e. The van der Waals surface area contributed by atoms with Crippen LogP contribution in [0.2, 0.25) is 0 Å². The zero-order chi connectivity index (χ0) is 18.9. The van der Waals surface area contributed by atoms with Gasteiger partial charge < -0.3 is 0 Å². The van der Waals surface area contributed by atoms with Crippen LogP contribution < -0.4 is 0 Å². The summed E-state index contributed by atoms with van der Waals surface area (Å²) in [4.78, 5) is 6.68. The van der Waals surface area contributed by atoms with Crippen LogP contribution in [0.5, 0.6) is 0 Å². The Morgan fingerprint density at radius 3 is 2.77 bits per heavy atom. The first-order valence-corrected chi connectivity index (χ1v) is 11.6. The van der Waals surface area contributed by atoms with E-state index in [1.54, 1.807) is 0 Å². The molecule has 1 aromatic heterocycles. The maximum atomic E-state index is 11.9. The summed E-state index contributed by atoms with van der Waals surface area (Å²) in [5.74, 6) is 1.62. The normalized spacial score (nSPS) is 19.5. The second-order valence-corrected chi connectivity index (χ2v) is 10.6. The van der Waals surface area contributed by atoms with Gasteiger partial charge >= 0.3 is 0 Å². The van der Waals surface area contributed by atoms with Crippen molar-refractivity contribution in [2.75, 3.05) is 18.1 Å². The number of halogens is 1. The van der Waals surface area contributed by atoms with Gasteiger partial charge in [-0.2, -0.15) is 4.98 Å². The van der Waals surface area contributed by atoms with E-state index in [2.05, 4.69) is 44.8 Å². The number of hydrogen-bond donors (Lipinski definition) is 1. The van der Waals surface area contributed by atoms with Crippen LogP contribution in [0.15, 0.2) is 28.7 Å². The van der Waals surface area contributed by atoms with E-state index in [0.717, 1.165) is 16.6 Å². The van der Waals surface area contributed by atoms with Crippen LogP contribution in [-0.2, 0) is 16.5 Å². The first-order valence-electron chi connectivity index (χ1n) is 8.61. The Balaban J connectivity index is 1.85. The number of aromatic nitrogens is 3. The molecule has 6 nitrogen and oxygen atoms in total. The molecule has 0 bridgehead atoms. The van der Waals surface area contributed by atoms with Gasteiger partial charge in [-0.25, -0.2) is 13.1 Å². The topological polar surface area (TPSA) is 71.0 Å². The van der Waals surface area contributed by atoms with Crippen LogP contribution in [0.4, 0.5) is 0 Å². The van der Waals surface area contributed by atoms with Crippen LogP contribution in [0.1, 0.15) is 20.3 Å². The summed E-state index contributed by atoms with van der Waals surface area (Å²) in [6.45, 7) is 5.59. The minimum Gasteiger partial charge on any atom is -0.280 e. The Hall–Kier alpha value is -1.03. The molecule has 0 saturated carbocycles. The van der Waals surface area contributed by atoms with E-state index in [9.17, 15) is 8.42 Å². The summed E-state index contributed by atoms with van der Waals surface area (Å²) < 4.78 is 27.0. The van der Waals surface area contributed by atoms with Gasteiger partial charge in [0.2, 0.25) is 4.77 Å². The average molecular weight is 459 g/mol. The average Bonchev–Trinajstić information content (AvgIpc) is 3.09. The van der Waals surface area contributed by atoms with Gasteiger partial charge in [-0.15, -0.1) is 0 Å². The van der Waals surface area contributed by atoms with E-state index in [0.29, 0.717) is 29.6 Å². The van der Waals surface area contributed by atoms with Gasteiger partial charge in [-0.1, -0.05) is 48.0 Å². The largest absolute Gasteiger partial charge is 0.280 e. The van der Waals surface area contributed by atoms with Gasteiger partial charge in [0.15, 0.2) is 15.7 Å². The Labute approximate surface area is 167 Å². The Morgan fingerprint density at radius 1 is 1.42 bits per heavy atom. The number of H-pyrrole nitrogens is 1. The lowest BCUT2D eigenvalue weighted by molar-refractivity contribution is 0.137. The Morgan fingerprint density at radius 2 is 2.15 bits per heavy atom. The van der Waals surface area contributed by atoms with E-state index < -0.39 is 9.84 Å². The number of nitrogens with zero attached hydrogens (tertiary/aromatic N) is 3. The van der Waals surface area contributed by atoms with Crippen LogP contribution in [0.3, 0.4) is 0 Å². The van der Waals surface area contributed by atoms with Crippen LogP contribution >= 0.6 is 28.1 Å². The number of hydrogen-bond acceptors (Lipinski definition) is 5. The maximum absolute atomic E-state index is 11.9. The summed E-state index contributed by atoms with van der Waals surface area (Å²) >= 11 is 8.96. The zero-order valence-corrected chi connectivity index (χ0v) is 18.1.